The topological polar surface area (TPSA) is 58.2 Å². The Morgan fingerprint density at radius 3 is 2.26 bits per heavy atom. The van der Waals surface area contributed by atoms with Crippen molar-refractivity contribution < 1.29 is 22.8 Å². The van der Waals surface area contributed by atoms with Crippen LogP contribution in [-0.4, -0.2) is 18.0 Å². The van der Waals surface area contributed by atoms with Gasteiger partial charge in [0, 0.05) is 18.3 Å². The first-order chi connectivity index (χ1) is 10.8. The van der Waals surface area contributed by atoms with E-state index in [-0.39, 0.29) is 12.5 Å². The van der Waals surface area contributed by atoms with Crippen LogP contribution in [-0.2, 0) is 16.1 Å². The second kappa shape index (κ2) is 7.30. The van der Waals surface area contributed by atoms with Gasteiger partial charge in [0.25, 0.3) is 0 Å². The maximum atomic E-state index is 12.1. The molecular formula is C16H17F3N2O2. The van der Waals surface area contributed by atoms with Gasteiger partial charge in [-0.25, -0.2) is 0 Å². The van der Waals surface area contributed by atoms with E-state index in [0.29, 0.717) is 11.3 Å². The van der Waals surface area contributed by atoms with E-state index in [9.17, 15) is 22.8 Å². The molecule has 0 saturated heterocycles. The van der Waals surface area contributed by atoms with E-state index >= 15 is 0 Å². The lowest BCUT2D eigenvalue weighted by Crippen LogP contribution is -2.36. The molecule has 23 heavy (non-hydrogen) atoms. The summed E-state index contributed by atoms with van der Waals surface area (Å²) in [4.78, 5) is 22.5. The molecule has 1 fully saturated rings. The first-order valence-corrected chi connectivity index (χ1v) is 7.29. The first-order valence-electron chi connectivity index (χ1n) is 7.29. The summed E-state index contributed by atoms with van der Waals surface area (Å²) >= 11 is 0. The molecule has 0 unspecified atom stereocenters. The zero-order valence-corrected chi connectivity index (χ0v) is 12.4. The maximum absolute atomic E-state index is 12.1. The van der Waals surface area contributed by atoms with E-state index in [2.05, 4.69) is 5.32 Å². The normalized spacial score (nSPS) is 14.5. The molecule has 4 nitrogen and oxygen atoms in total. The van der Waals surface area contributed by atoms with Crippen molar-refractivity contribution in [2.45, 2.75) is 38.4 Å². The van der Waals surface area contributed by atoms with E-state index in [1.165, 1.54) is 0 Å². The van der Waals surface area contributed by atoms with Crippen LogP contribution in [0.2, 0.25) is 0 Å². The zero-order chi connectivity index (χ0) is 16.9. The Morgan fingerprint density at radius 1 is 1.09 bits per heavy atom. The molecule has 0 aliphatic heterocycles. The van der Waals surface area contributed by atoms with Crippen LogP contribution >= 0.6 is 0 Å². The number of anilines is 1. The predicted molar refractivity (Wildman–Crippen MR) is 79.5 cm³/mol. The Kier molecular flexibility index (Phi) is 5.41. The Morgan fingerprint density at radius 2 is 1.70 bits per heavy atom. The van der Waals surface area contributed by atoms with E-state index in [0.717, 1.165) is 31.3 Å². The van der Waals surface area contributed by atoms with Crippen LogP contribution in [0.25, 0.3) is 0 Å². The summed E-state index contributed by atoms with van der Waals surface area (Å²) in [5.74, 6) is -2.18. The number of rotatable bonds is 4. The van der Waals surface area contributed by atoms with Crippen molar-refractivity contribution >= 4 is 17.5 Å². The van der Waals surface area contributed by atoms with Crippen LogP contribution in [0.4, 0.5) is 18.9 Å². The number of benzene rings is 1. The van der Waals surface area contributed by atoms with Crippen molar-refractivity contribution in [2.75, 3.05) is 5.32 Å². The van der Waals surface area contributed by atoms with Crippen LogP contribution in [0.3, 0.4) is 0 Å². The van der Waals surface area contributed by atoms with Gasteiger partial charge in [0.1, 0.15) is 0 Å². The largest absolute Gasteiger partial charge is 0.471 e. The third kappa shape index (κ3) is 5.43. The Balaban J connectivity index is 1.85. The Labute approximate surface area is 131 Å². The highest BCUT2D eigenvalue weighted by molar-refractivity contribution is 5.99. The van der Waals surface area contributed by atoms with Crippen molar-refractivity contribution in [3.8, 4) is 0 Å². The van der Waals surface area contributed by atoms with Gasteiger partial charge in [0.05, 0.1) is 0 Å². The number of carbonyl (C=O) groups is 2. The van der Waals surface area contributed by atoms with Crippen LogP contribution in [0.1, 0.15) is 31.2 Å². The number of carbonyl (C=O) groups excluding carboxylic acids is 2. The van der Waals surface area contributed by atoms with Crippen molar-refractivity contribution in [1.82, 2.24) is 5.32 Å². The van der Waals surface area contributed by atoms with Gasteiger partial charge in [-0.1, -0.05) is 17.7 Å². The minimum atomic E-state index is -4.89. The van der Waals surface area contributed by atoms with Gasteiger partial charge < -0.3 is 10.6 Å². The predicted octanol–water partition coefficient (Wildman–Crippen LogP) is 3.30. The lowest BCUT2D eigenvalue weighted by Gasteiger charge is -2.09. The van der Waals surface area contributed by atoms with Gasteiger partial charge in [0.15, 0.2) is 0 Å². The van der Waals surface area contributed by atoms with Crippen molar-refractivity contribution in [3.63, 3.8) is 0 Å². The van der Waals surface area contributed by atoms with Gasteiger partial charge in [-0.3, -0.25) is 9.59 Å². The van der Waals surface area contributed by atoms with E-state index in [1.807, 2.05) is 0 Å². The monoisotopic (exact) mass is 326 g/mol. The zero-order valence-electron chi connectivity index (χ0n) is 12.4. The number of hydrogen-bond donors (Lipinski definition) is 2. The maximum Gasteiger partial charge on any atom is 0.471 e. The number of nitrogens with one attached hydrogen (secondary N) is 2. The Hall–Kier alpha value is -2.31. The summed E-state index contributed by atoms with van der Waals surface area (Å²) in [5, 5.41) is 4.49. The minimum Gasteiger partial charge on any atom is -0.344 e. The summed E-state index contributed by atoms with van der Waals surface area (Å²) in [5.41, 5.74) is 2.19. The molecule has 0 radical (unpaired) electrons. The quantitative estimate of drug-likeness (QED) is 0.834. The fraction of sp³-hybridized carbons (Fsp3) is 0.375. The van der Waals surface area contributed by atoms with Crippen molar-refractivity contribution in [2.24, 2.45) is 0 Å². The number of hydrogen-bond acceptors (Lipinski definition) is 2. The third-order valence-electron chi connectivity index (χ3n) is 3.51. The lowest BCUT2D eigenvalue weighted by molar-refractivity contribution is -0.173. The van der Waals surface area contributed by atoms with E-state index in [1.54, 1.807) is 35.7 Å². The highest BCUT2D eigenvalue weighted by Crippen LogP contribution is 2.23. The first kappa shape index (κ1) is 17.1. The molecule has 0 spiro atoms. The van der Waals surface area contributed by atoms with E-state index < -0.39 is 12.1 Å². The van der Waals surface area contributed by atoms with Crippen molar-refractivity contribution in [1.29, 1.82) is 0 Å². The van der Waals surface area contributed by atoms with Crippen LogP contribution in [0.5, 0.6) is 0 Å². The molecule has 1 aliphatic rings. The molecule has 1 aliphatic carbocycles. The summed E-state index contributed by atoms with van der Waals surface area (Å²) < 4.78 is 36.2. The fourth-order valence-corrected chi connectivity index (χ4v) is 2.33. The number of halogens is 3. The molecule has 2 N–H and O–H groups in total. The number of allylic oxidation sites excluding steroid dienone is 1. The van der Waals surface area contributed by atoms with Gasteiger partial charge in [-0.2, -0.15) is 13.2 Å². The number of amides is 2. The average Bonchev–Trinajstić information content (AvgIpc) is 2.98. The molecule has 0 atom stereocenters. The molecule has 0 aromatic heterocycles. The van der Waals surface area contributed by atoms with Gasteiger partial charge in [0.2, 0.25) is 5.91 Å². The highest BCUT2D eigenvalue weighted by Gasteiger charge is 2.38. The van der Waals surface area contributed by atoms with Crippen LogP contribution < -0.4 is 10.6 Å². The fourth-order valence-electron chi connectivity index (χ4n) is 2.33. The molecule has 2 rings (SSSR count). The average molecular weight is 326 g/mol. The van der Waals surface area contributed by atoms with Crippen LogP contribution in [0, 0.1) is 0 Å². The minimum absolute atomic E-state index is 0.208. The summed E-state index contributed by atoms with van der Waals surface area (Å²) in [7, 11) is 0. The summed E-state index contributed by atoms with van der Waals surface area (Å²) in [6.07, 6.45) is 0.831. The molecule has 2 amide bonds. The summed E-state index contributed by atoms with van der Waals surface area (Å²) in [6, 6.07) is 6.27. The molecule has 1 saturated carbocycles. The second-order valence-corrected chi connectivity index (χ2v) is 5.38. The molecule has 1 aromatic carbocycles. The van der Waals surface area contributed by atoms with Gasteiger partial charge in [-0.15, -0.1) is 0 Å². The second-order valence-electron chi connectivity index (χ2n) is 5.38. The van der Waals surface area contributed by atoms with Gasteiger partial charge in [-0.05, 0) is 43.4 Å². The highest BCUT2D eigenvalue weighted by atomic mass is 19.4. The third-order valence-corrected chi connectivity index (χ3v) is 3.51. The number of alkyl halides is 3. The van der Waals surface area contributed by atoms with Gasteiger partial charge >= 0.3 is 12.1 Å². The Bertz CT molecular complexity index is 599. The SMILES string of the molecule is O=C(C=C1CCCC1)Nc1ccc(CNC(=O)C(F)(F)F)cc1. The van der Waals surface area contributed by atoms with Crippen molar-refractivity contribution in [3.05, 3.63) is 41.5 Å². The molecule has 0 heterocycles. The molecular weight excluding hydrogens is 309 g/mol. The molecule has 0 bridgehead atoms. The van der Waals surface area contributed by atoms with Crippen LogP contribution in [0.15, 0.2) is 35.9 Å². The summed E-state index contributed by atoms with van der Waals surface area (Å²) in [6.45, 7) is -0.226. The molecule has 7 heteroatoms. The molecule has 1 aromatic rings. The molecule has 124 valence electrons. The lowest BCUT2D eigenvalue weighted by atomic mass is 10.2. The van der Waals surface area contributed by atoms with E-state index in [4.69, 9.17) is 0 Å². The standard InChI is InChI=1S/C16H17F3N2O2/c17-16(18,19)15(23)20-10-12-5-7-13(8-6-12)21-14(22)9-11-3-1-2-4-11/h5-9H,1-4,10H2,(H,20,23)(H,21,22). The smallest absolute Gasteiger partial charge is 0.344 e.